The Morgan fingerprint density at radius 1 is 0.726 bits per heavy atom. The van der Waals surface area contributed by atoms with Gasteiger partial charge in [0.15, 0.2) is 0 Å². The predicted octanol–water partition coefficient (Wildman–Crippen LogP) is 15.5. The zero-order valence-corrected chi connectivity index (χ0v) is 40.0. The zero-order valence-electron chi connectivity index (χ0n) is 39.2. The minimum Gasteiger partial charge on any atom is -0.457 e. The van der Waals surface area contributed by atoms with Gasteiger partial charge >= 0.3 is 0 Å². The topological polar surface area (TPSA) is 39.4 Å². The van der Waals surface area contributed by atoms with Gasteiger partial charge in [-0.15, -0.1) is 0 Å². The van der Waals surface area contributed by atoms with Crippen LogP contribution in [0.3, 0.4) is 0 Å². The van der Waals surface area contributed by atoms with Crippen molar-refractivity contribution in [2.45, 2.75) is 136 Å². The van der Waals surface area contributed by atoms with Gasteiger partial charge in [0, 0.05) is 39.6 Å². The number of rotatable bonds is 6. The molecule has 0 saturated carbocycles. The molecule has 0 amide bonds. The van der Waals surface area contributed by atoms with E-state index in [1.165, 1.54) is 77.5 Å². The maximum Gasteiger partial charge on any atom is 0.141 e. The van der Waals surface area contributed by atoms with Gasteiger partial charge in [-0.2, -0.15) is 0 Å². The maximum atomic E-state index is 7.26. The van der Waals surface area contributed by atoms with E-state index in [4.69, 9.17) is 14.7 Å². The van der Waals surface area contributed by atoms with Crippen molar-refractivity contribution in [3.05, 3.63) is 152 Å². The normalized spacial score (nSPS) is 20.0. The molecule has 0 N–H and O–H groups in total. The molecule has 0 unspecified atom stereocenters. The highest BCUT2D eigenvalue weighted by molar-refractivity contribution is 8.15. The highest BCUT2D eigenvalue weighted by Gasteiger charge is 2.57. The molecule has 0 fully saturated rings. The number of aliphatic imine (C=N–C) groups is 1. The van der Waals surface area contributed by atoms with E-state index in [9.17, 15) is 0 Å². The third-order valence-electron chi connectivity index (χ3n) is 15.0. The molecular weight excluding hydrogens is 775 g/mol. The van der Waals surface area contributed by atoms with Gasteiger partial charge in [-0.05, 0) is 156 Å². The Morgan fingerprint density at radius 2 is 1.44 bits per heavy atom. The molecule has 5 aromatic carbocycles. The van der Waals surface area contributed by atoms with Crippen LogP contribution in [0.15, 0.2) is 96.1 Å². The van der Waals surface area contributed by atoms with E-state index in [-0.39, 0.29) is 21.1 Å². The van der Waals surface area contributed by atoms with Crippen LogP contribution < -0.4 is 4.74 Å². The number of fused-ring (bicyclic) bond motifs is 8. The van der Waals surface area contributed by atoms with Gasteiger partial charge in [-0.25, -0.2) is 4.98 Å². The summed E-state index contributed by atoms with van der Waals surface area (Å²) in [6.45, 7) is 32.4. The van der Waals surface area contributed by atoms with Gasteiger partial charge in [0.1, 0.15) is 17.3 Å². The molecule has 5 heteroatoms. The van der Waals surface area contributed by atoms with E-state index >= 15 is 0 Å². The zero-order chi connectivity index (χ0) is 44.0. The Hall–Kier alpha value is -5.13. The van der Waals surface area contributed by atoms with Crippen LogP contribution in [0.2, 0.25) is 0 Å². The average Bonchev–Trinajstić information content (AvgIpc) is 3.76. The van der Waals surface area contributed by atoms with Crippen molar-refractivity contribution in [1.82, 2.24) is 9.55 Å². The van der Waals surface area contributed by atoms with Gasteiger partial charge in [0.25, 0.3) is 0 Å². The van der Waals surface area contributed by atoms with Crippen LogP contribution in [0, 0.1) is 20.8 Å². The quantitative estimate of drug-likeness (QED) is 0.168. The number of hydrogen-bond donors (Lipinski definition) is 0. The van der Waals surface area contributed by atoms with Crippen LogP contribution in [-0.2, 0) is 22.0 Å². The molecule has 2 atom stereocenters. The summed E-state index contributed by atoms with van der Waals surface area (Å²) in [5, 5.41) is 3.58. The summed E-state index contributed by atoms with van der Waals surface area (Å²) in [4.78, 5) is 10.8. The second kappa shape index (κ2) is 13.7. The molecule has 3 aliphatic rings. The first-order valence-electron chi connectivity index (χ1n) is 22.7. The molecule has 62 heavy (non-hydrogen) atoms. The molecule has 0 bridgehead atoms. The van der Waals surface area contributed by atoms with Crippen molar-refractivity contribution in [2.24, 2.45) is 4.99 Å². The summed E-state index contributed by atoms with van der Waals surface area (Å²) in [5.74, 6) is 3.37. The number of hydrogen-bond acceptors (Lipinski definition) is 4. The minimum absolute atomic E-state index is 0.00832. The van der Waals surface area contributed by atoms with Gasteiger partial charge in [-0.3, -0.25) is 9.56 Å². The molecule has 0 saturated heterocycles. The lowest BCUT2D eigenvalue weighted by Crippen LogP contribution is -2.36. The Balaban J connectivity index is 1.18. The average molecular weight is 836 g/mol. The number of pyridine rings is 1. The van der Waals surface area contributed by atoms with Crippen LogP contribution in [0.4, 0.5) is 0 Å². The summed E-state index contributed by atoms with van der Waals surface area (Å²) in [6.07, 6.45) is 2.88. The van der Waals surface area contributed by atoms with Crippen LogP contribution in [0.5, 0.6) is 11.5 Å². The van der Waals surface area contributed by atoms with Crippen LogP contribution in [-0.4, -0.2) is 20.1 Å². The molecule has 2 aromatic heterocycles. The van der Waals surface area contributed by atoms with Gasteiger partial charge in [0.05, 0.1) is 26.4 Å². The summed E-state index contributed by atoms with van der Waals surface area (Å²) in [7, 11) is 0. The highest BCUT2D eigenvalue weighted by Crippen LogP contribution is 2.61. The van der Waals surface area contributed by atoms with Crippen molar-refractivity contribution < 1.29 is 4.74 Å². The van der Waals surface area contributed by atoms with E-state index in [2.05, 4.69) is 186 Å². The second-order valence-electron chi connectivity index (χ2n) is 21.1. The summed E-state index contributed by atoms with van der Waals surface area (Å²) in [5.41, 5.74) is 18.9. The minimum atomic E-state index is -0.255. The third-order valence-corrected chi connectivity index (χ3v) is 16.6. The van der Waals surface area contributed by atoms with Crippen molar-refractivity contribution in [3.63, 3.8) is 0 Å². The molecule has 316 valence electrons. The molecule has 10 rings (SSSR count). The van der Waals surface area contributed by atoms with Crippen molar-refractivity contribution in [1.29, 1.82) is 0 Å². The first-order valence-corrected chi connectivity index (χ1v) is 23.5. The van der Waals surface area contributed by atoms with E-state index in [0.717, 1.165) is 45.4 Å². The van der Waals surface area contributed by atoms with Gasteiger partial charge in [-0.1, -0.05) is 117 Å². The predicted molar refractivity (Wildman–Crippen MR) is 264 cm³/mol. The summed E-state index contributed by atoms with van der Waals surface area (Å²) >= 11 is 1.93. The molecule has 0 spiro atoms. The van der Waals surface area contributed by atoms with Crippen LogP contribution in [0.25, 0.3) is 38.8 Å². The number of benzene rings is 5. The van der Waals surface area contributed by atoms with Crippen LogP contribution in [0.1, 0.15) is 149 Å². The summed E-state index contributed by atoms with van der Waals surface area (Å²) in [6, 6.07) is 32.2. The number of thioether (sulfide) groups is 1. The first-order chi connectivity index (χ1) is 29.2. The summed E-state index contributed by atoms with van der Waals surface area (Å²) < 4.78 is 9.50. The van der Waals surface area contributed by atoms with Gasteiger partial charge < -0.3 is 4.74 Å². The van der Waals surface area contributed by atoms with E-state index in [1.807, 2.05) is 18.0 Å². The molecule has 4 nitrogen and oxygen atoms in total. The SMILES string of the molecule is Cc1cc2c3cc(C(C)(C)C)cc4c3n(c2cc1Oc1cc(C2=N[C@]3(C)Cc5c(ccc(C)c5C)[C@]3(C)S2)cc(-c2c(C(C)C)cccc2C(C)C)c1)-c1ncccc1C4(C)C. The fraction of sp³-hybridized carbons (Fsp3) is 0.368. The number of aryl methyl sites for hydroxylation is 2. The van der Waals surface area contributed by atoms with Crippen molar-refractivity contribution >= 4 is 38.6 Å². The third kappa shape index (κ3) is 5.86. The van der Waals surface area contributed by atoms with Crippen molar-refractivity contribution in [3.8, 4) is 28.4 Å². The molecular formula is C57H61N3OS. The monoisotopic (exact) mass is 835 g/mol. The fourth-order valence-electron chi connectivity index (χ4n) is 10.9. The van der Waals surface area contributed by atoms with Gasteiger partial charge in [0.2, 0.25) is 0 Å². The lowest BCUT2D eigenvalue weighted by molar-refractivity contribution is 0.407. The number of nitrogens with zero attached hydrogens (tertiary/aromatic N) is 3. The molecule has 4 heterocycles. The molecule has 0 radical (unpaired) electrons. The Morgan fingerprint density at radius 3 is 2.13 bits per heavy atom. The molecule has 2 aliphatic heterocycles. The maximum absolute atomic E-state index is 7.26. The Kier molecular flexibility index (Phi) is 9.03. The largest absolute Gasteiger partial charge is 0.457 e. The lowest BCUT2D eigenvalue weighted by Gasteiger charge is -2.35. The number of ether oxygens (including phenoxy) is 1. The Bertz CT molecular complexity index is 3060. The molecule has 1 aliphatic carbocycles. The van der Waals surface area contributed by atoms with Crippen molar-refractivity contribution in [2.75, 3.05) is 0 Å². The lowest BCUT2D eigenvalue weighted by atomic mass is 9.73. The van der Waals surface area contributed by atoms with E-state index in [0.29, 0.717) is 11.8 Å². The Labute approximate surface area is 373 Å². The first kappa shape index (κ1) is 40.9. The smallest absolute Gasteiger partial charge is 0.141 e. The number of aromatic nitrogens is 2. The standard InChI is InChI=1S/C57H61N3OS/c1-31(2)40-17-15-18-41(32(3)4)50(40)36-24-37(53-59-56(13)30-44-35(7)33(5)20-21-45(44)57(56,14)62-53)26-39(25-36)61-49-29-48-42(23-34(49)6)43-27-38(54(8,9)10)28-47-51(43)60(48)52-46(55(47,11)12)19-16-22-58-52/h15-29,31-32H,30H2,1-14H3/t56-,57+/m1/s1. The molecule has 7 aromatic rings. The van der Waals surface area contributed by atoms with Crippen LogP contribution >= 0.6 is 11.8 Å². The fourth-order valence-corrected chi connectivity index (χ4v) is 12.4. The van der Waals surface area contributed by atoms with E-state index in [1.54, 1.807) is 0 Å². The van der Waals surface area contributed by atoms with E-state index < -0.39 is 0 Å². The second-order valence-corrected chi connectivity index (χ2v) is 22.6. The highest BCUT2D eigenvalue weighted by atomic mass is 32.2.